The smallest absolute Gasteiger partial charge is 0.336 e. The first-order chi connectivity index (χ1) is 16.1. The lowest BCUT2D eigenvalue weighted by atomic mass is 9.45. The van der Waals surface area contributed by atoms with Gasteiger partial charge in [0.2, 0.25) is 0 Å². The molecular weight excluding hydrogens is 442 g/mol. The molecule has 0 amide bonds. The van der Waals surface area contributed by atoms with Crippen LogP contribution in [0.4, 0.5) is 8.78 Å². The molecule has 2 aliphatic carbocycles. The molecule has 1 aromatic rings. The molecule has 3 fully saturated rings. The van der Waals surface area contributed by atoms with Gasteiger partial charge in [-0.2, -0.15) is 0 Å². The normalized spacial score (nSPS) is 38.6. The van der Waals surface area contributed by atoms with Gasteiger partial charge in [-0.25, -0.2) is 13.6 Å². The predicted molar refractivity (Wildman–Crippen MR) is 120 cm³/mol. The highest BCUT2D eigenvalue weighted by Crippen LogP contribution is 2.64. The zero-order valence-electron chi connectivity index (χ0n) is 19.7. The van der Waals surface area contributed by atoms with Gasteiger partial charge < -0.3 is 19.3 Å². The number of halogens is 2. The van der Waals surface area contributed by atoms with Crippen molar-refractivity contribution in [3.63, 3.8) is 0 Å². The van der Waals surface area contributed by atoms with E-state index in [0.717, 1.165) is 24.8 Å². The van der Waals surface area contributed by atoms with Crippen molar-refractivity contribution in [1.82, 2.24) is 0 Å². The summed E-state index contributed by atoms with van der Waals surface area (Å²) in [6.45, 7) is 9.25. The third-order valence-corrected chi connectivity index (χ3v) is 8.96. The van der Waals surface area contributed by atoms with Crippen molar-refractivity contribution in [1.29, 1.82) is 0 Å². The van der Waals surface area contributed by atoms with Crippen molar-refractivity contribution in [2.45, 2.75) is 64.4 Å². The highest BCUT2D eigenvalue weighted by molar-refractivity contribution is 5.91. The molecule has 7 heteroatoms. The number of rotatable bonds is 4. The van der Waals surface area contributed by atoms with Crippen LogP contribution in [0, 0.1) is 34.3 Å². The Morgan fingerprint density at radius 1 is 1.21 bits per heavy atom. The number of aliphatic hydroxyl groups is 1. The van der Waals surface area contributed by atoms with Crippen molar-refractivity contribution in [3.8, 4) is 0 Å². The van der Waals surface area contributed by atoms with E-state index in [-0.39, 0.29) is 40.9 Å². The fourth-order valence-electron chi connectivity index (χ4n) is 7.15. The average molecular weight is 475 g/mol. The molecule has 184 valence electrons. The van der Waals surface area contributed by atoms with E-state index < -0.39 is 30.0 Å². The topological polar surface area (TPSA) is 65.0 Å². The molecule has 7 atom stereocenters. The standard InChI is InChI=1S/C27H32F2O5/c1-15-7-8-21-26(2,17(15)13-20(30)16-10-12-32-24(16)31)11-9-22-27(21,3)14-33-25(34-22)23-18(28)5-4-6-19(23)29/h4-6,10,17,20-22,25,30H,1,7-9,11-14H2,2-3H3. The molecular formula is C27H32F2O5. The maximum absolute atomic E-state index is 14.4. The van der Waals surface area contributed by atoms with Gasteiger partial charge in [0.25, 0.3) is 0 Å². The quantitative estimate of drug-likeness (QED) is 0.491. The first-order valence-corrected chi connectivity index (χ1v) is 12.1. The predicted octanol–water partition coefficient (Wildman–Crippen LogP) is 5.00. The molecule has 1 N–H and O–H groups in total. The van der Waals surface area contributed by atoms with E-state index in [1.165, 1.54) is 18.2 Å². The van der Waals surface area contributed by atoms with Gasteiger partial charge in [0.15, 0.2) is 6.29 Å². The number of hydrogen-bond acceptors (Lipinski definition) is 5. The molecule has 1 aromatic carbocycles. The first-order valence-electron chi connectivity index (χ1n) is 12.1. The molecule has 4 aliphatic rings. The summed E-state index contributed by atoms with van der Waals surface area (Å²) in [7, 11) is 0. The lowest BCUT2D eigenvalue weighted by Gasteiger charge is -2.62. The van der Waals surface area contributed by atoms with Gasteiger partial charge in [0.1, 0.15) is 18.2 Å². The second kappa shape index (κ2) is 8.54. The highest BCUT2D eigenvalue weighted by atomic mass is 19.1. The molecule has 0 spiro atoms. The maximum atomic E-state index is 14.4. The number of carbonyl (C=O) groups excluding carboxylic acids is 1. The zero-order chi connectivity index (χ0) is 24.3. The Labute approximate surface area is 198 Å². The van der Waals surface area contributed by atoms with E-state index in [9.17, 15) is 18.7 Å². The minimum atomic E-state index is -1.07. The minimum Gasteiger partial charge on any atom is -0.458 e. The number of carbonyl (C=O) groups is 1. The number of aliphatic hydroxyl groups excluding tert-OH is 1. The van der Waals surface area contributed by atoms with Gasteiger partial charge in [0.05, 0.1) is 30.0 Å². The van der Waals surface area contributed by atoms with Crippen molar-refractivity contribution >= 4 is 5.97 Å². The summed E-state index contributed by atoms with van der Waals surface area (Å²) in [4.78, 5) is 12.0. The van der Waals surface area contributed by atoms with Gasteiger partial charge >= 0.3 is 5.97 Å². The van der Waals surface area contributed by atoms with Gasteiger partial charge in [-0.05, 0) is 67.6 Å². The molecule has 5 rings (SSSR count). The molecule has 0 bridgehead atoms. The molecule has 5 nitrogen and oxygen atoms in total. The number of esters is 1. The Balaban J connectivity index is 1.38. The molecule has 0 radical (unpaired) electrons. The Bertz CT molecular complexity index is 1020. The summed E-state index contributed by atoms with van der Waals surface area (Å²) in [6.07, 6.45) is 3.16. The summed E-state index contributed by atoms with van der Waals surface area (Å²) in [5.74, 6) is -1.56. The minimum absolute atomic E-state index is 0.0232. The summed E-state index contributed by atoms with van der Waals surface area (Å²) < 4.78 is 46.0. The second-order valence-electron chi connectivity index (χ2n) is 10.8. The van der Waals surface area contributed by atoms with Crippen LogP contribution in [0.25, 0.3) is 0 Å². The summed E-state index contributed by atoms with van der Waals surface area (Å²) in [5, 5.41) is 10.9. The third-order valence-electron chi connectivity index (χ3n) is 8.96. The first kappa shape index (κ1) is 23.6. The third kappa shape index (κ3) is 3.64. The van der Waals surface area contributed by atoms with Gasteiger partial charge in [-0.1, -0.05) is 32.1 Å². The zero-order valence-corrected chi connectivity index (χ0v) is 19.7. The van der Waals surface area contributed by atoms with Crippen LogP contribution in [-0.4, -0.2) is 36.5 Å². The summed E-state index contributed by atoms with van der Waals surface area (Å²) in [5.41, 5.74) is 0.731. The fourth-order valence-corrected chi connectivity index (χ4v) is 7.15. The van der Waals surface area contributed by atoms with Crippen LogP contribution in [0.3, 0.4) is 0 Å². The number of hydrogen-bond donors (Lipinski definition) is 1. The number of allylic oxidation sites excluding steroid dienone is 1. The number of ether oxygens (including phenoxy) is 3. The lowest BCUT2D eigenvalue weighted by molar-refractivity contribution is -0.308. The summed E-state index contributed by atoms with van der Waals surface area (Å²) >= 11 is 0. The van der Waals surface area contributed by atoms with E-state index in [0.29, 0.717) is 25.0 Å². The SMILES string of the molecule is C=C1CCC2C3(C)COC(c4c(F)cccc4F)OC3CCC2(C)C1CC(O)C1=CCOC1=O. The molecule has 34 heavy (non-hydrogen) atoms. The van der Waals surface area contributed by atoms with Crippen LogP contribution < -0.4 is 0 Å². The van der Waals surface area contributed by atoms with Gasteiger partial charge in [-0.3, -0.25) is 0 Å². The van der Waals surface area contributed by atoms with Crippen LogP contribution in [-0.2, 0) is 19.0 Å². The number of fused-ring (bicyclic) bond motifs is 3. The molecule has 1 saturated heterocycles. The molecule has 2 heterocycles. The highest BCUT2D eigenvalue weighted by Gasteiger charge is 2.60. The Kier molecular flexibility index (Phi) is 5.94. The average Bonchev–Trinajstić information content (AvgIpc) is 3.22. The van der Waals surface area contributed by atoms with E-state index >= 15 is 0 Å². The van der Waals surface area contributed by atoms with Gasteiger partial charge in [0, 0.05) is 5.41 Å². The molecule has 0 aromatic heterocycles. The van der Waals surface area contributed by atoms with Crippen molar-refractivity contribution in [3.05, 3.63) is 59.2 Å². The molecule has 7 unspecified atom stereocenters. The van der Waals surface area contributed by atoms with Crippen molar-refractivity contribution in [2.24, 2.45) is 22.7 Å². The fraction of sp³-hybridized carbons (Fsp3) is 0.593. The van der Waals surface area contributed by atoms with Crippen LogP contribution >= 0.6 is 0 Å². The second-order valence-corrected chi connectivity index (χ2v) is 10.8. The Hall–Kier alpha value is -2.09. The van der Waals surface area contributed by atoms with E-state index in [1.807, 2.05) is 0 Å². The van der Waals surface area contributed by atoms with Crippen LogP contribution in [0.2, 0.25) is 0 Å². The maximum Gasteiger partial charge on any atom is 0.336 e. The Morgan fingerprint density at radius 3 is 2.62 bits per heavy atom. The van der Waals surface area contributed by atoms with Crippen LogP contribution in [0.5, 0.6) is 0 Å². The van der Waals surface area contributed by atoms with E-state index in [1.54, 1.807) is 6.08 Å². The number of cyclic esters (lactones) is 1. The molecule has 2 saturated carbocycles. The lowest BCUT2D eigenvalue weighted by Crippen LogP contribution is -2.60. The summed E-state index contributed by atoms with van der Waals surface area (Å²) in [6, 6.07) is 3.77. The van der Waals surface area contributed by atoms with Crippen molar-refractivity contribution in [2.75, 3.05) is 13.2 Å². The van der Waals surface area contributed by atoms with Crippen LogP contribution in [0.1, 0.15) is 57.8 Å². The largest absolute Gasteiger partial charge is 0.458 e. The van der Waals surface area contributed by atoms with Gasteiger partial charge in [-0.15, -0.1) is 0 Å². The van der Waals surface area contributed by atoms with Crippen molar-refractivity contribution < 1.29 is 32.9 Å². The Morgan fingerprint density at radius 2 is 1.94 bits per heavy atom. The molecule has 2 aliphatic heterocycles. The van der Waals surface area contributed by atoms with E-state index in [4.69, 9.17) is 14.2 Å². The number of benzene rings is 1. The monoisotopic (exact) mass is 474 g/mol. The van der Waals surface area contributed by atoms with E-state index in [2.05, 4.69) is 20.4 Å². The van der Waals surface area contributed by atoms with Crippen LogP contribution in [0.15, 0.2) is 42.0 Å².